The molecule has 0 radical (unpaired) electrons. The van der Waals surface area contributed by atoms with Crippen molar-refractivity contribution >= 4 is 43.5 Å². The van der Waals surface area contributed by atoms with Crippen LogP contribution in [-0.4, -0.2) is 19.9 Å². The Morgan fingerprint density at radius 3 is 1.94 bits per heavy atom. The maximum atomic E-state index is 6.29. The van der Waals surface area contributed by atoms with Gasteiger partial charge < -0.3 is 4.42 Å². The molecule has 1 aliphatic rings. The first-order valence-corrected chi connectivity index (χ1v) is 18.3. The van der Waals surface area contributed by atoms with Crippen LogP contribution >= 0.6 is 0 Å². The standard InChI is InChI=1S/C49H32N4O/c1-49(2)42-14-5-3-12-36(42)41-24-31-18-16-29-17-19-33(25-39(29)40(31)27-43(41)49)47-51-46(32-10-7-9-30(23-32)35-11-8-22-50-28-35)52-48(53-47)34-20-21-38-37-13-4-6-15-44(37)54-45(38)26-34/h3-28H,1-2H3. The molecule has 3 heterocycles. The summed E-state index contributed by atoms with van der Waals surface area (Å²) < 4.78 is 6.29. The Morgan fingerprint density at radius 1 is 0.426 bits per heavy atom. The molecule has 0 unspecified atom stereocenters. The van der Waals surface area contributed by atoms with Crippen molar-refractivity contribution in [2.24, 2.45) is 0 Å². The van der Waals surface area contributed by atoms with Gasteiger partial charge in [0.2, 0.25) is 0 Å². The van der Waals surface area contributed by atoms with Crippen LogP contribution < -0.4 is 0 Å². The highest BCUT2D eigenvalue weighted by atomic mass is 16.3. The molecule has 0 bridgehead atoms. The van der Waals surface area contributed by atoms with Crippen molar-refractivity contribution in [2.75, 3.05) is 0 Å². The van der Waals surface area contributed by atoms with Crippen molar-refractivity contribution in [3.05, 3.63) is 169 Å². The lowest BCUT2D eigenvalue weighted by molar-refractivity contribution is 0.661. The van der Waals surface area contributed by atoms with Gasteiger partial charge in [-0.2, -0.15) is 0 Å². The minimum absolute atomic E-state index is 0.0940. The molecule has 0 saturated carbocycles. The summed E-state index contributed by atoms with van der Waals surface area (Å²) in [6.45, 7) is 4.67. The van der Waals surface area contributed by atoms with Gasteiger partial charge in [0.15, 0.2) is 17.5 Å². The van der Waals surface area contributed by atoms with E-state index in [0.717, 1.165) is 49.8 Å². The van der Waals surface area contributed by atoms with Crippen LogP contribution in [-0.2, 0) is 5.41 Å². The highest BCUT2D eigenvalue weighted by Gasteiger charge is 2.35. The summed E-state index contributed by atoms with van der Waals surface area (Å²) in [5.41, 5.74) is 11.7. The summed E-state index contributed by atoms with van der Waals surface area (Å²) in [6, 6.07) is 51.3. The molecule has 10 aromatic rings. The second-order valence-electron chi connectivity index (χ2n) is 14.7. The van der Waals surface area contributed by atoms with Gasteiger partial charge in [0.05, 0.1) is 0 Å². The zero-order chi connectivity index (χ0) is 36.0. The van der Waals surface area contributed by atoms with Gasteiger partial charge in [-0.25, -0.2) is 15.0 Å². The Labute approximate surface area is 311 Å². The Hall–Kier alpha value is -6.98. The van der Waals surface area contributed by atoms with E-state index in [1.807, 2.05) is 42.6 Å². The van der Waals surface area contributed by atoms with E-state index < -0.39 is 0 Å². The van der Waals surface area contributed by atoms with Gasteiger partial charge in [-0.15, -0.1) is 0 Å². The van der Waals surface area contributed by atoms with E-state index in [9.17, 15) is 0 Å². The summed E-state index contributed by atoms with van der Waals surface area (Å²) in [6.07, 6.45) is 3.66. The number of para-hydroxylation sites is 1. The number of hydrogen-bond acceptors (Lipinski definition) is 5. The van der Waals surface area contributed by atoms with Crippen LogP contribution in [0.5, 0.6) is 0 Å². The summed E-state index contributed by atoms with van der Waals surface area (Å²) in [5.74, 6) is 1.79. The van der Waals surface area contributed by atoms with Crippen LogP contribution in [0, 0.1) is 0 Å². The fourth-order valence-electron chi connectivity index (χ4n) is 8.39. The Kier molecular flexibility index (Phi) is 6.53. The molecular formula is C49H32N4O. The van der Waals surface area contributed by atoms with Crippen LogP contribution in [0.4, 0.5) is 0 Å². The number of aromatic nitrogens is 4. The second-order valence-corrected chi connectivity index (χ2v) is 14.7. The summed E-state index contributed by atoms with van der Waals surface area (Å²) >= 11 is 0. The molecule has 0 spiro atoms. The highest BCUT2D eigenvalue weighted by Crippen LogP contribution is 2.50. The molecule has 1 aliphatic carbocycles. The summed E-state index contributed by atoms with van der Waals surface area (Å²) in [5, 5.41) is 6.94. The Bertz CT molecular complexity index is 3140. The molecule has 0 aliphatic heterocycles. The molecule has 0 amide bonds. The zero-order valence-corrected chi connectivity index (χ0v) is 29.7. The third-order valence-corrected chi connectivity index (χ3v) is 11.2. The molecule has 0 N–H and O–H groups in total. The normalized spacial score (nSPS) is 13.1. The second kappa shape index (κ2) is 11.5. The smallest absolute Gasteiger partial charge is 0.164 e. The lowest BCUT2D eigenvalue weighted by atomic mass is 9.81. The SMILES string of the molecule is CC1(C)c2ccccc2-c2cc3ccc4ccc(-c5nc(-c6cccc(-c7cccnc7)c6)nc(-c6ccc7c(c6)oc6ccccc67)n5)cc4c3cc21. The fraction of sp³-hybridized carbons (Fsp3) is 0.0612. The monoisotopic (exact) mass is 692 g/mol. The third kappa shape index (κ3) is 4.72. The molecule has 5 nitrogen and oxygen atoms in total. The summed E-state index contributed by atoms with van der Waals surface area (Å²) in [7, 11) is 0. The molecule has 5 heteroatoms. The lowest BCUT2D eigenvalue weighted by Crippen LogP contribution is -2.14. The van der Waals surface area contributed by atoms with E-state index in [1.54, 1.807) is 6.20 Å². The van der Waals surface area contributed by atoms with E-state index in [2.05, 4.69) is 128 Å². The molecule has 254 valence electrons. The van der Waals surface area contributed by atoms with Gasteiger partial charge in [0.1, 0.15) is 11.2 Å². The fourth-order valence-corrected chi connectivity index (χ4v) is 8.39. The molecular weight excluding hydrogens is 661 g/mol. The van der Waals surface area contributed by atoms with Crippen LogP contribution in [0.2, 0.25) is 0 Å². The summed E-state index contributed by atoms with van der Waals surface area (Å²) in [4.78, 5) is 19.8. The predicted octanol–water partition coefficient (Wildman–Crippen LogP) is 12.4. The molecule has 7 aromatic carbocycles. The molecule has 0 saturated heterocycles. The van der Waals surface area contributed by atoms with Crippen LogP contribution in [0.1, 0.15) is 25.0 Å². The minimum atomic E-state index is -0.0940. The van der Waals surface area contributed by atoms with Crippen molar-refractivity contribution in [2.45, 2.75) is 19.3 Å². The van der Waals surface area contributed by atoms with Gasteiger partial charge in [0, 0.05) is 50.8 Å². The Balaban J connectivity index is 1.11. The molecule has 54 heavy (non-hydrogen) atoms. The van der Waals surface area contributed by atoms with Gasteiger partial charge in [-0.3, -0.25) is 4.98 Å². The number of furan rings is 1. The quantitative estimate of drug-likeness (QED) is 0.172. The van der Waals surface area contributed by atoms with E-state index in [0.29, 0.717) is 17.5 Å². The Morgan fingerprint density at radius 2 is 1.09 bits per heavy atom. The average Bonchev–Trinajstić information content (AvgIpc) is 3.71. The van der Waals surface area contributed by atoms with Gasteiger partial charge in [-0.05, 0) is 97.9 Å². The van der Waals surface area contributed by atoms with Gasteiger partial charge >= 0.3 is 0 Å². The first-order chi connectivity index (χ1) is 26.5. The maximum absolute atomic E-state index is 6.29. The number of rotatable bonds is 4. The van der Waals surface area contributed by atoms with E-state index in [1.165, 1.54) is 43.8 Å². The van der Waals surface area contributed by atoms with E-state index in [4.69, 9.17) is 19.4 Å². The average molecular weight is 693 g/mol. The first-order valence-electron chi connectivity index (χ1n) is 18.3. The minimum Gasteiger partial charge on any atom is -0.456 e. The number of benzene rings is 7. The number of nitrogens with zero attached hydrogens (tertiary/aromatic N) is 4. The number of pyridine rings is 1. The van der Waals surface area contributed by atoms with Crippen LogP contribution in [0.25, 0.3) is 99.9 Å². The van der Waals surface area contributed by atoms with Crippen molar-refractivity contribution in [3.8, 4) is 56.4 Å². The number of hydrogen-bond donors (Lipinski definition) is 0. The largest absolute Gasteiger partial charge is 0.456 e. The molecule has 0 atom stereocenters. The third-order valence-electron chi connectivity index (χ3n) is 11.2. The topological polar surface area (TPSA) is 64.7 Å². The zero-order valence-electron chi connectivity index (χ0n) is 29.7. The van der Waals surface area contributed by atoms with Gasteiger partial charge in [0.25, 0.3) is 0 Å². The predicted molar refractivity (Wildman–Crippen MR) is 219 cm³/mol. The van der Waals surface area contributed by atoms with Crippen molar-refractivity contribution in [3.63, 3.8) is 0 Å². The lowest BCUT2D eigenvalue weighted by Gasteiger charge is -2.22. The van der Waals surface area contributed by atoms with E-state index >= 15 is 0 Å². The maximum Gasteiger partial charge on any atom is 0.164 e. The van der Waals surface area contributed by atoms with Crippen molar-refractivity contribution in [1.82, 2.24) is 19.9 Å². The van der Waals surface area contributed by atoms with Crippen LogP contribution in [0.15, 0.2) is 162 Å². The van der Waals surface area contributed by atoms with E-state index in [-0.39, 0.29) is 5.41 Å². The number of fused-ring (bicyclic) bond motifs is 9. The first kappa shape index (κ1) is 30.6. The molecule has 3 aromatic heterocycles. The molecule has 11 rings (SSSR count). The highest BCUT2D eigenvalue weighted by molar-refractivity contribution is 6.11. The van der Waals surface area contributed by atoms with Crippen LogP contribution in [0.3, 0.4) is 0 Å². The van der Waals surface area contributed by atoms with Crippen molar-refractivity contribution < 1.29 is 4.42 Å². The molecule has 0 fully saturated rings. The van der Waals surface area contributed by atoms with Crippen molar-refractivity contribution in [1.29, 1.82) is 0 Å². The van der Waals surface area contributed by atoms with Gasteiger partial charge in [-0.1, -0.05) is 111 Å².